The zero-order valence-corrected chi connectivity index (χ0v) is 11.7. The minimum absolute atomic E-state index is 0.214. The number of hydrogen-bond acceptors (Lipinski definition) is 2. The first-order valence-electron chi connectivity index (χ1n) is 6.93. The third kappa shape index (κ3) is 3.98. The van der Waals surface area contributed by atoms with Crippen LogP contribution < -0.4 is 5.32 Å². The predicted octanol–water partition coefficient (Wildman–Crippen LogP) is 2.24. The third-order valence-corrected chi connectivity index (χ3v) is 3.86. The number of urea groups is 1. The second-order valence-corrected chi connectivity index (χ2v) is 5.13. The molecule has 5 nitrogen and oxygen atoms in total. The average molecular weight is 268 g/mol. The SMILES string of the molecule is C=CCN(CC)C(=O)NCC1(C(=O)O)CCCCC1. The Hall–Kier alpha value is -1.52. The van der Waals surface area contributed by atoms with E-state index in [4.69, 9.17) is 0 Å². The highest BCUT2D eigenvalue weighted by atomic mass is 16.4. The lowest BCUT2D eigenvalue weighted by Crippen LogP contribution is -2.48. The Balaban J connectivity index is 2.58. The Bertz CT molecular complexity index is 336. The number of rotatable bonds is 6. The molecule has 0 heterocycles. The number of carbonyl (C=O) groups excluding carboxylic acids is 1. The maximum absolute atomic E-state index is 11.9. The van der Waals surface area contributed by atoms with Crippen molar-refractivity contribution in [3.05, 3.63) is 12.7 Å². The van der Waals surface area contributed by atoms with Gasteiger partial charge >= 0.3 is 12.0 Å². The molecule has 108 valence electrons. The van der Waals surface area contributed by atoms with Gasteiger partial charge in [0.05, 0.1) is 5.41 Å². The highest BCUT2D eigenvalue weighted by Crippen LogP contribution is 2.36. The number of carboxylic acid groups (broad SMARTS) is 1. The lowest BCUT2D eigenvalue weighted by molar-refractivity contribution is -0.150. The highest BCUT2D eigenvalue weighted by molar-refractivity contribution is 5.78. The number of carbonyl (C=O) groups is 2. The quantitative estimate of drug-likeness (QED) is 0.726. The molecule has 2 N–H and O–H groups in total. The van der Waals surface area contributed by atoms with Crippen molar-refractivity contribution in [3.63, 3.8) is 0 Å². The summed E-state index contributed by atoms with van der Waals surface area (Å²) < 4.78 is 0. The van der Waals surface area contributed by atoms with Gasteiger partial charge in [0, 0.05) is 19.6 Å². The standard InChI is InChI=1S/C14H24N2O3/c1-3-10-16(4-2)13(19)15-11-14(12(17)18)8-6-5-7-9-14/h3H,1,4-11H2,2H3,(H,15,19)(H,17,18). The molecule has 0 aromatic carbocycles. The van der Waals surface area contributed by atoms with E-state index in [-0.39, 0.29) is 12.6 Å². The van der Waals surface area contributed by atoms with E-state index in [2.05, 4.69) is 11.9 Å². The van der Waals surface area contributed by atoms with Crippen molar-refractivity contribution in [2.45, 2.75) is 39.0 Å². The molecule has 0 radical (unpaired) electrons. The van der Waals surface area contributed by atoms with Gasteiger partial charge in [-0.1, -0.05) is 25.3 Å². The lowest BCUT2D eigenvalue weighted by atomic mass is 9.74. The van der Waals surface area contributed by atoms with E-state index in [0.717, 1.165) is 19.3 Å². The second-order valence-electron chi connectivity index (χ2n) is 5.13. The molecule has 0 saturated heterocycles. The normalized spacial score (nSPS) is 17.5. The van der Waals surface area contributed by atoms with Crippen LogP contribution in [0.15, 0.2) is 12.7 Å². The van der Waals surface area contributed by atoms with Crippen LogP contribution in [0.2, 0.25) is 0 Å². The van der Waals surface area contributed by atoms with Crippen LogP contribution in [0.3, 0.4) is 0 Å². The summed E-state index contributed by atoms with van der Waals surface area (Å²) in [6.45, 7) is 6.77. The number of carboxylic acids is 1. The highest BCUT2D eigenvalue weighted by Gasteiger charge is 2.39. The van der Waals surface area contributed by atoms with Crippen molar-refractivity contribution in [1.29, 1.82) is 0 Å². The zero-order valence-electron chi connectivity index (χ0n) is 11.7. The Morgan fingerprint density at radius 3 is 2.47 bits per heavy atom. The summed E-state index contributed by atoms with van der Waals surface area (Å²) in [6, 6.07) is -0.214. The molecule has 0 aromatic heterocycles. The molecule has 0 unspecified atom stereocenters. The monoisotopic (exact) mass is 268 g/mol. The average Bonchev–Trinajstić information content (AvgIpc) is 2.43. The topological polar surface area (TPSA) is 69.6 Å². The van der Waals surface area contributed by atoms with Gasteiger partial charge in [-0.3, -0.25) is 4.79 Å². The third-order valence-electron chi connectivity index (χ3n) is 3.86. The Morgan fingerprint density at radius 1 is 1.37 bits per heavy atom. The number of nitrogens with zero attached hydrogens (tertiary/aromatic N) is 1. The van der Waals surface area contributed by atoms with Crippen LogP contribution in [0.25, 0.3) is 0 Å². The van der Waals surface area contributed by atoms with Gasteiger partial charge in [-0.25, -0.2) is 4.79 Å². The fraction of sp³-hybridized carbons (Fsp3) is 0.714. The molecule has 1 fully saturated rings. The van der Waals surface area contributed by atoms with Crippen molar-refractivity contribution in [2.75, 3.05) is 19.6 Å². The van der Waals surface area contributed by atoms with Crippen LogP contribution in [-0.2, 0) is 4.79 Å². The van der Waals surface area contributed by atoms with Gasteiger partial charge in [-0.2, -0.15) is 0 Å². The van der Waals surface area contributed by atoms with Crippen molar-refractivity contribution in [1.82, 2.24) is 10.2 Å². The van der Waals surface area contributed by atoms with E-state index in [1.54, 1.807) is 11.0 Å². The molecule has 2 amide bonds. The van der Waals surface area contributed by atoms with E-state index >= 15 is 0 Å². The molecular weight excluding hydrogens is 244 g/mol. The second kappa shape index (κ2) is 7.16. The van der Waals surface area contributed by atoms with E-state index in [0.29, 0.717) is 25.9 Å². The molecule has 0 aromatic rings. The fourth-order valence-corrected chi connectivity index (χ4v) is 2.56. The van der Waals surface area contributed by atoms with E-state index in [9.17, 15) is 14.7 Å². The molecule has 5 heteroatoms. The van der Waals surface area contributed by atoms with Gasteiger partial charge in [0.2, 0.25) is 0 Å². The van der Waals surface area contributed by atoms with Gasteiger partial charge in [0.25, 0.3) is 0 Å². The molecule has 0 spiro atoms. The van der Waals surface area contributed by atoms with Crippen LogP contribution >= 0.6 is 0 Å². The molecule has 1 aliphatic rings. The first-order chi connectivity index (χ1) is 9.05. The number of hydrogen-bond donors (Lipinski definition) is 2. The van der Waals surface area contributed by atoms with Gasteiger partial charge in [0.1, 0.15) is 0 Å². The molecule has 0 atom stereocenters. The van der Waals surface area contributed by atoms with Gasteiger partial charge in [-0.05, 0) is 19.8 Å². The first kappa shape index (κ1) is 15.5. The number of amides is 2. The van der Waals surface area contributed by atoms with Crippen molar-refractivity contribution >= 4 is 12.0 Å². The van der Waals surface area contributed by atoms with Gasteiger partial charge < -0.3 is 15.3 Å². The molecule has 1 rings (SSSR count). The zero-order chi connectivity index (χ0) is 14.3. The van der Waals surface area contributed by atoms with E-state index in [1.807, 2.05) is 6.92 Å². The Morgan fingerprint density at radius 2 is 2.00 bits per heavy atom. The van der Waals surface area contributed by atoms with Crippen LogP contribution in [0.5, 0.6) is 0 Å². The molecular formula is C14H24N2O3. The molecule has 0 bridgehead atoms. The number of aliphatic carboxylic acids is 1. The predicted molar refractivity (Wildman–Crippen MR) is 74.0 cm³/mol. The molecule has 1 aliphatic carbocycles. The number of likely N-dealkylation sites (N-methyl/N-ethyl adjacent to an activating group) is 1. The summed E-state index contributed by atoms with van der Waals surface area (Å²) in [7, 11) is 0. The maximum atomic E-state index is 11.9. The summed E-state index contributed by atoms with van der Waals surface area (Å²) in [4.78, 5) is 25.0. The van der Waals surface area contributed by atoms with E-state index < -0.39 is 11.4 Å². The Kier molecular flexibility index (Phi) is 5.86. The smallest absolute Gasteiger partial charge is 0.317 e. The summed E-state index contributed by atoms with van der Waals surface area (Å²) in [5, 5.41) is 12.2. The van der Waals surface area contributed by atoms with Crippen LogP contribution in [0.1, 0.15) is 39.0 Å². The lowest BCUT2D eigenvalue weighted by Gasteiger charge is -2.34. The first-order valence-corrected chi connectivity index (χ1v) is 6.93. The fourth-order valence-electron chi connectivity index (χ4n) is 2.56. The van der Waals surface area contributed by atoms with Gasteiger partial charge in [0.15, 0.2) is 0 Å². The summed E-state index contributed by atoms with van der Waals surface area (Å²) >= 11 is 0. The maximum Gasteiger partial charge on any atom is 0.317 e. The van der Waals surface area contributed by atoms with Crippen LogP contribution in [0, 0.1) is 5.41 Å². The number of nitrogens with one attached hydrogen (secondary N) is 1. The molecule has 1 saturated carbocycles. The van der Waals surface area contributed by atoms with Crippen LogP contribution in [-0.4, -0.2) is 41.6 Å². The summed E-state index contributed by atoms with van der Waals surface area (Å²) in [6.07, 6.45) is 5.89. The van der Waals surface area contributed by atoms with Crippen molar-refractivity contribution in [2.24, 2.45) is 5.41 Å². The molecule has 19 heavy (non-hydrogen) atoms. The largest absolute Gasteiger partial charge is 0.481 e. The van der Waals surface area contributed by atoms with Crippen molar-refractivity contribution < 1.29 is 14.7 Å². The summed E-state index contributed by atoms with van der Waals surface area (Å²) in [5.74, 6) is -0.792. The Labute approximate surface area is 114 Å². The molecule has 0 aliphatic heterocycles. The summed E-state index contributed by atoms with van der Waals surface area (Å²) in [5.41, 5.74) is -0.776. The minimum atomic E-state index is -0.792. The van der Waals surface area contributed by atoms with Gasteiger partial charge in [-0.15, -0.1) is 6.58 Å². The minimum Gasteiger partial charge on any atom is -0.481 e. The van der Waals surface area contributed by atoms with Crippen LogP contribution in [0.4, 0.5) is 4.79 Å². The van der Waals surface area contributed by atoms with Crippen molar-refractivity contribution in [3.8, 4) is 0 Å². The van der Waals surface area contributed by atoms with E-state index in [1.165, 1.54) is 0 Å².